The number of nitrogens with zero attached hydrogens (tertiary/aromatic N) is 4. The maximum Gasteiger partial charge on any atom is 0.308 e. The standard InChI is InChI=1S/C22H21BrN4O2.C7H10O2.C2H6/c1-5-6-20(28)27(18-11-13(2)16(23)12-15(18)14-7-8-14)19-10-9-17-21(24-19)22(29-4)25-26(17)3;8-7(9)6-4-2-1-3-5-6;1-2/h9-12,14H,7-8H2,1-4H3;1-2,6H,3-5H2,(H,8,9);1-2H3/t;6-;/m.0./s1. The average Bonchev–Trinajstić information content (AvgIpc) is 3.76. The average molecular weight is 610 g/mol. The van der Waals surface area contributed by atoms with Crippen LogP contribution in [0.4, 0.5) is 11.5 Å². The second kappa shape index (κ2) is 14.1. The molecule has 1 fully saturated rings. The predicted molar refractivity (Wildman–Crippen MR) is 162 cm³/mol. The largest absolute Gasteiger partial charge is 0.481 e. The molecule has 1 N–H and O–H groups in total. The molecule has 0 radical (unpaired) electrons. The van der Waals surface area contributed by atoms with Crippen molar-refractivity contribution < 1.29 is 19.4 Å². The first-order valence-electron chi connectivity index (χ1n) is 13.6. The molecule has 0 unspecified atom stereocenters. The van der Waals surface area contributed by atoms with E-state index in [9.17, 15) is 9.59 Å². The highest BCUT2D eigenvalue weighted by atomic mass is 79.9. The molecule has 9 heteroatoms. The van der Waals surface area contributed by atoms with Crippen molar-refractivity contribution in [3.05, 3.63) is 52.0 Å². The molecule has 0 spiro atoms. The molecule has 40 heavy (non-hydrogen) atoms. The zero-order valence-corrected chi connectivity index (χ0v) is 25.6. The number of hydrogen-bond donors (Lipinski definition) is 1. The number of carboxylic acids is 1. The van der Waals surface area contributed by atoms with E-state index in [4.69, 9.17) is 14.8 Å². The minimum absolute atomic E-state index is 0.116. The third kappa shape index (κ3) is 7.11. The molecule has 2 aliphatic carbocycles. The van der Waals surface area contributed by atoms with Crippen molar-refractivity contribution in [1.29, 1.82) is 0 Å². The summed E-state index contributed by atoms with van der Waals surface area (Å²) in [5.74, 6) is 5.69. The lowest BCUT2D eigenvalue weighted by atomic mass is 9.95. The lowest BCUT2D eigenvalue weighted by molar-refractivity contribution is -0.141. The second-order valence-corrected chi connectivity index (χ2v) is 10.3. The van der Waals surface area contributed by atoms with Crippen LogP contribution in [0.1, 0.15) is 69.9 Å². The van der Waals surface area contributed by atoms with Crippen LogP contribution in [0, 0.1) is 24.7 Å². The van der Waals surface area contributed by atoms with Gasteiger partial charge >= 0.3 is 11.9 Å². The number of carbonyl (C=O) groups excluding carboxylic acids is 1. The number of aliphatic carboxylic acids is 1. The zero-order chi connectivity index (χ0) is 29.4. The van der Waals surface area contributed by atoms with Gasteiger partial charge in [0.25, 0.3) is 5.88 Å². The van der Waals surface area contributed by atoms with Crippen LogP contribution in [0.2, 0.25) is 0 Å². The van der Waals surface area contributed by atoms with Gasteiger partial charge in [-0.2, -0.15) is 0 Å². The number of methoxy groups -OCH3 is 1. The van der Waals surface area contributed by atoms with Crippen LogP contribution in [0.3, 0.4) is 0 Å². The van der Waals surface area contributed by atoms with Gasteiger partial charge in [-0.15, -0.1) is 5.10 Å². The van der Waals surface area contributed by atoms with Crippen LogP contribution in [-0.4, -0.2) is 38.9 Å². The molecule has 2 aromatic heterocycles. The molecule has 0 saturated heterocycles. The fourth-order valence-corrected chi connectivity index (χ4v) is 4.83. The molecule has 1 saturated carbocycles. The monoisotopic (exact) mass is 608 g/mol. The molecule has 2 heterocycles. The summed E-state index contributed by atoms with van der Waals surface area (Å²) >= 11 is 3.63. The number of ether oxygens (including phenoxy) is 1. The molecule has 8 nitrogen and oxygen atoms in total. The van der Waals surface area contributed by atoms with Crippen LogP contribution < -0.4 is 9.64 Å². The van der Waals surface area contributed by atoms with Crippen molar-refractivity contribution in [2.75, 3.05) is 12.0 Å². The van der Waals surface area contributed by atoms with Gasteiger partial charge in [0.15, 0.2) is 5.52 Å². The van der Waals surface area contributed by atoms with Crippen molar-refractivity contribution in [1.82, 2.24) is 14.8 Å². The van der Waals surface area contributed by atoms with Gasteiger partial charge in [-0.3, -0.25) is 19.2 Å². The Morgan fingerprint density at radius 3 is 2.45 bits per heavy atom. The first-order chi connectivity index (χ1) is 19.2. The Bertz CT molecular complexity index is 1460. The molecule has 0 aliphatic heterocycles. The number of aromatic nitrogens is 3. The molecule has 1 amide bonds. The molecule has 212 valence electrons. The van der Waals surface area contributed by atoms with Gasteiger partial charge in [-0.1, -0.05) is 47.8 Å². The summed E-state index contributed by atoms with van der Waals surface area (Å²) in [4.78, 5) is 29.7. The maximum atomic E-state index is 13.1. The minimum Gasteiger partial charge on any atom is -0.481 e. The normalized spacial score (nSPS) is 15.5. The summed E-state index contributed by atoms with van der Waals surface area (Å²) in [5, 5.41) is 12.8. The highest BCUT2D eigenvalue weighted by Gasteiger charge is 2.31. The number of carbonyl (C=O) groups is 2. The Balaban J connectivity index is 0.000000339. The van der Waals surface area contributed by atoms with E-state index in [2.05, 4.69) is 38.9 Å². The quantitative estimate of drug-likeness (QED) is 0.246. The Hall–Kier alpha value is -3.64. The first kappa shape index (κ1) is 30.9. The smallest absolute Gasteiger partial charge is 0.308 e. The van der Waals surface area contributed by atoms with Crippen LogP contribution >= 0.6 is 15.9 Å². The van der Waals surface area contributed by atoms with Crippen LogP contribution in [0.5, 0.6) is 5.88 Å². The Morgan fingerprint density at radius 1 is 1.18 bits per heavy atom. The van der Waals surface area contributed by atoms with Crippen molar-refractivity contribution in [3.8, 4) is 17.7 Å². The van der Waals surface area contributed by atoms with E-state index in [1.54, 1.807) is 23.6 Å². The number of amides is 1. The summed E-state index contributed by atoms with van der Waals surface area (Å²) in [6.07, 6.45) is 8.68. The Kier molecular flexibility index (Phi) is 10.9. The van der Waals surface area contributed by atoms with E-state index >= 15 is 0 Å². The van der Waals surface area contributed by atoms with Gasteiger partial charge < -0.3 is 9.84 Å². The summed E-state index contributed by atoms with van der Waals surface area (Å²) in [6, 6.07) is 7.87. The summed E-state index contributed by atoms with van der Waals surface area (Å²) < 4.78 is 8.12. The molecule has 1 atom stereocenters. The lowest BCUT2D eigenvalue weighted by Gasteiger charge is -2.24. The van der Waals surface area contributed by atoms with E-state index < -0.39 is 5.97 Å². The molecular weight excluding hydrogens is 572 g/mol. The van der Waals surface area contributed by atoms with E-state index in [1.807, 2.05) is 58.2 Å². The molecule has 0 bridgehead atoms. The van der Waals surface area contributed by atoms with E-state index in [-0.39, 0.29) is 11.8 Å². The number of fused-ring (bicyclic) bond motifs is 1. The number of aryl methyl sites for hydroxylation is 2. The van der Waals surface area contributed by atoms with Crippen LogP contribution in [-0.2, 0) is 16.6 Å². The molecule has 5 rings (SSSR count). The van der Waals surface area contributed by atoms with Gasteiger partial charge in [0.2, 0.25) is 0 Å². The fraction of sp³-hybridized carbons (Fsp3) is 0.419. The number of hydrogen-bond acceptors (Lipinski definition) is 5. The Labute approximate surface area is 244 Å². The highest BCUT2D eigenvalue weighted by Crippen LogP contribution is 2.47. The van der Waals surface area contributed by atoms with Gasteiger partial charge in [0.05, 0.1) is 24.2 Å². The molecule has 1 aromatic carbocycles. The zero-order valence-electron chi connectivity index (χ0n) is 24.0. The number of allylic oxidation sites excluding steroid dienone is 2. The molecular formula is C31H37BrN4O4. The molecule has 3 aromatic rings. The topological polar surface area (TPSA) is 97.6 Å². The van der Waals surface area contributed by atoms with Gasteiger partial charge in [-0.05, 0) is 93.2 Å². The Morgan fingerprint density at radius 2 is 1.90 bits per heavy atom. The number of halogens is 1. The lowest BCUT2D eigenvalue weighted by Crippen LogP contribution is -2.26. The van der Waals surface area contributed by atoms with Crippen molar-refractivity contribution in [2.45, 2.75) is 65.7 Å². The number of pyridine rings is 1. The maximum absolute atomic E-state index is 13.1. The number of benzene rings is 1. The van der Waals surface area contributed by atoms with Gasteiger partial charge in [-0.25, -0.2) is 4.98 Å². The second-order valence-electron chi connectivity index (χ2n) is 9.44. The van der Waals surface area contributed by atoms with E-state index in [1.165, 1.54) is 0 Å². The minimum atomic E-state index is -0.653. The van der Waals surface area contributed by atoms with Crippen LogP contribution in [0.25, 0.3) is 11.0 Å². The third-order valence-electron chi connectivity index (χ3n) is 6.69. The summed E-state index contributed by atoms with van der Waals surface area (Å²) in [5.41, 5.74) is 4.45. The van der Waals surface area contributed by atoms with Crippen LogP contribution in [0.15, 0.2) is 40.9 Å². The summed E-state index contributed by atoms with van der Waals surface area (Å²) in [7, 11) is 3.39. The predicted octanol–water partition coefficient (Wildman–Crippen LogP) is 7.07. The van der Waals surface area contributed by atoms with E-state index in [0.717, 1.165) is 58.9 Å². The number of anilines is 2. The van der Waals surface area contributed by atoms with E-state index in [0.29, 0.717) is 23.1 Å². The fourth-order valence-electron chi connectivity index (χ4n) is 4.47. The first-order valence-corrected chi connectivity index (χ1v) is 14.4. The SMILES string of the molecule is CC.CC#CC(=O)N(c1ccc2c(n1)c(OC)nn2C)c1cc(C)c(Br)cc1C1CC1.O=C(O)[C@H]1CC=CCC1. The van der Waals surface area contributed by atoms with Crippen molar-refractivity contribution in [3.63, 3.8) is 0 Å². The van der Waals surface area contributed by atoms with Gasteiger partial charge in [0.1, 0.15) is 5.82 Å². The number of carboxylic acid groups (broad SMARTS) is 1. The summed E-state index contributed by atoms with van der Waals surface area (Å²) in [6.45, 7) is 7.67. The van der Waals surface area contributed by atoms with Crippen molar-refractivity contribution in [2.24, 2.45) is 13.0 Å². The third-order valence-corrected chi connectivity index (χ3v) is 7.55. The van der Waals surface area contributed by atoms with Gasteiger partial charge in [0, 0.05) is 11.5 Å². The molecule has 2 aliphatic rings. The number of rotatable bonds is 5. The highest BCUT2D eigenvalue weighted by molar-refractivity contribution is 9.10. The van der Waals surface area contributed by atoms with Crippen molar-refractivity contribution >= 4 is 50.3 Å².